The van der Waals surface area contributed by atoms with Crippen LogP contribution in [-0.4, -0.2) is 31.8 Å². The second-order valence-corrected chi connectivity index (χ2v) is 7.39. The molecule has 0 heterocycles. The van der Waals surface area contributed by atoms with E-state index in [2.05, 4.69) is 60.5 Å². The molecule has 0 aliphatic heterocycles. The topological polar surface area (TPSA) is 12.5 Å². The van der Waals surface area contributed by atoms with Gasteiger partial charge in [-0.15, -0.1) is 0 Å². The highest BCUT2D eigenvalue weighted by Gasteiger charge is 2.20. The molecule has 0 saturated carbocycles. The van der Waals surface area contributed by atoms with Crippen LogP contribution in [0.3, 0.4) is 0 Å². The van der Waals surface area contributed by atoms with Gasteiger partial charge in [0.05, 0.1) is 6.61 Å². The largest absolute Gasteiger partial charge is 0.363 e. The first-order chi connectivity index (χ1) is 7.01. The monoisotopic (exact) mass is 229 g/mol. The second-order valence-electron chi connectivity index (χ2n) is 7.39. The van der Waals surface area contributed by atoms with E-state index in [1.807, 2.05) is 0 Å². The quantitative estimate of drug-likeness (QED) is 0.666. The maximum absolute atomic E-state index is 5.99. The predicted octanol–water partition coefficient (Wildman–Crippen LogP) is 3.76. The fraction of sp³-hybridized carbons (Fsp3) is 1.00. The zero-order valence-electron chi connectivity index (χ0n) is 12.6. The third kappa shape index (κ3) is 9.17. The van der Waals surface area contributed by atoms with Gasteiger partial charge in [-0.25, -0.2) is 0 Å². The normalized spacial score (nSPS) is 15.6. The van der Waals surface area contributed by atoms with E-state index < -0.39 is 0 Å². The summed E-state index contributed by atoms with van der Waals surface area (Å²) in [4.78, 5) is 2.18. The molecule has 0 radical (unpaired) electrons. The minimum Gasteiger partial charge on any atom is -0.363 e. The zero-order chi connectivity index (χ0) is 13.0. The summed E-state index contributed by atoms with van der Waals surface area (Å²) in [6.45, 7) is 14.3. The highest BCUT2D eigenvalue weighted by atomic mass is 16.5. The molecular weight excluding hydrogens is 198 g/mol. The van der Waals surface area contributed by atoms with Gasteiger partial charge < -0.3 is 4.74 Å². The van der Waals surface area contributed by atoms with Crippen molar-refractivity contribution in [3.8, 4) is 0 Å². The first kappa shape index (κ1) is 15.9. The summed E-state index contributed by atoms with van der Waals surface area (Å²) in [5.41, 5.74) is 0.634. The summed E-state index contributed by atoms with van der Waals surface area (Å²) in [6, 6.07) is 0. The van der Waals surface area contributed by atoms with Gasteiger partial charge in [0.15, 0.2) is 0 Å². The van der Waals surface area contributed by atoms with E-state index in [-0.39, 0.29) is 11.6 Å². The first-order valence-electron chi connectivity index (χ1n) is 6.29. The smallest absolute Gasteiger partial charge is 0.110 e. The molecule has 0 saturated heterocycles. The number of hydrogen-bond donors (Lipinski definition) is 0. The third-order valence-electron chi connectivity index (χ3n) is 2.43. The van der Waals surface area contributed by atoms with Crippen LogP contribution in [0.25, 0.3) is 0 Å². The van der Waals surface area contributed by atoms with E-state index in [4.69, 9.17) is 4.74 Å². The standard InChI is InChI=1S/C14H31NO/c1-13(2,3)10-9-12(15(7)8)16-11-14(4,5)6/h12H,9-11H2,1-8H3. The molecule has 1 unspecified atom stereocenters. The first-order valence-corrected chi connectivity index (χ1v) is 6.29. The van der Waals surface area contributed by atoms with E-state index in [1.165, 1.54) is 6.42 Å². The van der Waals surface area contributed by atoms with Crippen molar-refractivity contribution < 1.29 is 4.74 Å². The Morgan fingerprint density at radius 1 is 0.938 bits per heavy atom. The lowest BCUT2D eigenvalue weighted by Gasteiger charge is -2.30. The summed E-state index contributed by atoms with van der Waals surface area (Å²) >= 11 is 0. The number of ether oxygens (including phenoxy) is 1. The van der Waals surface area contributed by atoms with Gasteiger partial charge in [0.25, 0.3) is 0 Å². The maximum Gasteiger partial charge on any atom is 0.110 e. The van der Waals surface area contributed by atoms with Crippen LogP contribution in [0.1, 0.15) is 54.4 Å². The molecule has 2 nitrogen and oxygen atoms in total. The minimum atomic E-state index is 0.246. The lowest BCUT2D eigenvalue weighted by molar-refractivity contribution is -0.0712. The van der Waals surface area contributed by atoms with Gasteiger partial charge in [0.2, 0.25) is 0 Å². The van der Waals surface area contributed by atoms with E-state index in [1.54, 1.807) is 0 Å². The highest BCUT2D eigenvalue weighted by molar-refractivity contribution is 4.67. The molecule has 2 heteroatoms. The van der Waals surface area contributed by atoms with Crippen LogP contribution in [0, 0.1) is 10.8 Å². The molecule has 98 valence electrons. The number of nitrogens with zero attached hydrogens (tertiary/aromatic N) is 1. The summed E-state index contributed by atoms with van der Waals surface area (Å²) in [6.07, 6.45) is 2.55. The predicted molar refractivity (Wildman–Crippen MR) is 71.6 cm³/mol. The van der Waals surface area contributed by atoms with Crippen LogP contribution in [0.5, 0.6) is 0 Å². The van der Waals surface area contributed by atoms with Crippen molar-refractivity contribution >= 4 is 0 Å². The van der Waals surface area contributed by atoms with Crippen molar-refractivity contribution in [2.75, 3.05) is 20.7 Å². The molecule has 0 aromatic heterocycles. The number of hydrogen-bond acceptors (Lipinski definition) is 2. The van der Waals surface area contributed by atoms with Crippen molar-refractivity contribution in [1.29, 1.82) is 0 Å². The van der Waals surface area contributed by atoms with E-state index in [9.17, 15) is 0 Å². The van der Waals surface area contributed by atoms with Crippen molar-refractivity contribution in [2.24, 2.45) is 10.8 Å². The van der Waals surface area contributed by atoms with Crippen LogP contribution >= 0.6 is 0 Å². The maximum atomic E-state index is 5.99. The van der Waals surface area contributed by atoms with Crippen LogP contribution in [-0.2, 0) is 4.74 Å². The minimum absolute atomic E-state index is 0.246. The van der Waals surface area contributed by atoms with Gasteiger partial charge in [-0.05, 0) is 37.8 Å². The Kier molecular flexibility index (Phi) is 5.99. The van der Waals surface area contributed by atoms with Crippen LogP contribution in [0.2, 0.25) is 0 Å². The van der Waals surface area contributed by atoms with Gasteiger partial charge in [-0.1, -0.05) is 41.5 Å². The summed E-state index contributed by atoms with van der Waals surface area (Å²) in [5.74, 6) is 0. The fourth-order valence-corrected chi connectivity index (χ4v) is 1.39. The summed E-state index contributed by atoms with van der Waals surface area (Å²) < 4.78 is 5.99. The molecule has 16 heavy (non-hydrogen) atoms. The molecular formula is C14H31NO. The van der Waals surface area contributed by atoms with Crippen molar-refractivity contribution in [1.82, 2.24) is 4.90 Å². The van der Waals surface area contributed by atoms with Gasteiger partial charge in [-0.3, -0.25) is 4.90 Å². The molecule has 0 bridgehead atoms. The molecule has 0 fully saturated rings. The Labute approximate surface area is 102 Å². The molecule has 1 atom stereocenters. The van der Waals surface area contributed by atoms with Crippen molar-refractivity contribution in [3.63, 3.8) is 0 Å². The van der Waals surface area contributed by atoms with Gasteiger partial charge in [0, 0.05) is 0 Å². The van der Waals surface area contributed by atoms with Crippen molar-refractivity contribution in [2.45, 2.75) is 60.6 Å². The molecule has 0 amide bonds. The van der Waals surface area contributed by atoms with E-state index in [0.29, 0.717) is 5.41 Å². The molecule has 0 spiro atoms. The average Bonchev–Trinajstić information content (AvgIpc) is 1.98. The average molecular weight is 229 g/mol. The molecule has 0 aliphatic carbocycles. The van der Waals surface area contributed by atoms with Gasteiger partial charge in [-0.2, -0.15) is 0 Å². The van der Waals surface area contributed by atoms with Crippen molar-refractivity contribution in [3.05, 3.63) is 0 Å². The number of rotatable bonds is 5. The van der Waals surface area contributed by atoms with Gasteiger partial charge >= 0.3 is 0 Å². The summed E-state index contributed by atoms with van der Waals surface area (Å²) in [5, 5.41) is 0. The van der Waals surface area contributed by atoms with Crippen LogP contribution in [0.15, 0.2) is 0 Å². The Balaban J connectivity index is 4.09. The van der Waals surface area contributed by atoms with E-state index in [0.717, 1.165) is 13.0 Å². The SMILES string of the molecule is CN(C)C(CCC(C)(C)C)OCC(C)(C)C. The Morgan fingerprint density at radius 3 is 1.75 bits per heavy atom. The highest BCUT2D eigenvalue weighted by Crippen LogP contribution is 2.24. The second kappa shape index (κ2) is 6.02. The molecule has 0 aromatic rings. The summed E-state index contributed by atoms with van der Waals surface area (Å²) in [7, 11) is 4.19. The Bertz CT molecular complexity index is 168. The fourth-order valence-electron chi connectivity index (χ4n) is 1.39. The molecule has 0 aromatic carbocycles. The van der Waals surface area contributed by atoms with Gasteiger partial charge in [0.1, 0.15) is 6.23 Å². The third-order valence-corrected chi connectivity index (χ3v) is 2.43. The lowest BCUT2D eigenvalue weighted by atomic mass is 9.90. The Morgan fingerprint density at radius 2 is 1.44 bits per heavy atom. The van der Waals surface area contributed by atoms with E-state index >= 15 is 0 Å². The zero-order valence-corrected chi connectivity index (χ0v) is 12.6. The lowest BCUT2D eigenvalue weighted by Crippen LogP contribution is -2.34. The van der Waals surface area contributed by atoms with Crippen LogP contribution < -0.4 is 0 Å². The molecule has 0 aliphatic rings. The van der Waals surface area contributed by atoms with Crippen LogP contribution in [0.4, 0.5) is 0 Å². The molecule has 0 N–H and O–H groups in total. The Hall–Kier alpha value is -0.0800. The molecule has 0 rings (SSSR count).